The predicted octanol–water partition coefficient (Wildman–Crippen LogP) is -0.660. The smallest absolute Gasteiger partial charge is 0.360 e. The lowest BCUT2D eigenvalue weighted by atomic mass is 10.4. The summed E-state index contributed by atoms with van der Waals surface area (Å²) in [6.07, 6.45) is 1.42. The zero-order chi connectivity index (χ0) is 12.3. The minimum absolute atomic E-state index is 0.0223. The van der Waals surface area contributed by atoms with Gasteiger partial charge in [0.1, 0.15) is 6.54 Å². The van der Waals surface area contributed by atoms with Crippen LogP contribution in [0, 0.1) is 0 Å². The Labute approximate surface area is 92.8 Å². The van der Waals surface area contributed by atoms with Crippen molar-refractivity contribution in [1.29, 1.82) is 0 Å². The molecule has 0 unspecified atom stereocenters. The molecule has 0 aliphatic heterocycles. The number of carbonyl (C=O) groups excluding carboxylic acids is 2. The first-order chi connectivity index (χ1) is 7.45. The van der Waals surface area contributed by atoms with Crippen molar-refractivity contribution < 1.29 is 14.3 Å². The number of hydrogen-bond acceptors (Lipinski definition) is 5. The van der Waals surface area contributed by atoms with Gasteiger partial charge in [-0.25, -0.2) is 4.79 Å². The molecule has 0 saturated heterocycles. The number of nitrogens with zero attached hydrogens (tertiary/aromatic N) is 3. The fourth-order valence-electron chi connectivity index (χ4n) is 1.05. The first-order valence-electron chi connectivity index (χ1n) is 4.57. The van der Waals surface area contributed by atoms with Crippen molar-refractivity contribution in [2.24, 2.45) is 0 Å². The van der Waals surface area contributed by atoms with Crippen LogP contribution in [0.1, 0.15) is 10.5 Å². The average Bonchev–Trinajstić information content (AvgIpc) is 2.58. The highest BCUT2D eigenvalue weighted by atomic mass is 16.5. The maximum atomic E-state index is 11.4. The van der Waals surface area contributed by atoms with Crippen molar-refractivity contribution in [1.82, 2.24) is 14.7 Å². The fourth-order valence-corrected chi connectivity index (χ4v) is 1.05. The van der Waals surface area contributed by atoms with Gasteiger partial charge in [-0.2, -0.15) is 5.10 Å². The summed E-state index contributed by atoms with van der Waals surface area (Å²) in [4.78, 5) is 24.0. The average molecular weight is 226 g/mol. The van der Waals surface area contributed by atoms with Crippen LogP contribution < -0.4 is 5.73 Å². The quantitative estimate of drug-likeness (QED) is 0.691. The molecule has 1 aromatic heterocycles. The van der Waals surface area contributed by atoms with E-state index in [0.29, 0.717) is 0 Å². The summed E-state index contributed by atoms with van der Waals surface area (Å²) in [6, 6.07) is 0. The number of anilines is 1. The standard InChI is InChI=1S/C9H14N4O3/c1-12(2)7(14)5-13-4-6(10)8(11-13)9(15)16-3/h4H,5,10H2,1-3H3. The van der Waals surface area contributed by atoms with Crippen LogP contribution in [0.5, 0.6) is 0 Å². The molecule has 0 bridgehead atoms. The molecule has 7 nitrogen and oxygen atoms in total. The van der Waals surface area contributed by atoms with E-state index in [1.54, 1.807) is 14.1 Å². The van der Waals surface area contributed by atoms with Gasteiger partial charge in [0, 0.05) is 20.3 Å². The van der Waals surface area contributed by atoms with Gasteiger partial charge in [-0.05, 0) is 0 Å². The molecule has 88 valence electrons. The third-order valence-corrected chi connectivity index (χ3v) is 1.96. The third kappa shape index (κ3) is 2.50. The zero-order valence-electron chi connectivity index (χ0n) is 9.43. The molecule has 1 amide bonds. The highest BCUT2D eigenvalue weighted by Crippen LogP contribution is 2.10. The number of hydrogen-bond donors (Lipinski definition) is 1. The lowest BCUT2D eigenvalue weighted by molar-refractivity contribution is -0.129. The molecular formula is C9H14N4O3. The van der Waals surface area contributed by atoms with Gasteiger partial charge in [-0.15, -0.1) is 0 Å². The Balaban J connectivity index is 2.85. The number of likely N-dealkylation sites (N-methyl/N-ethyl adjacent to an activating group) is 1. The van der Waals surface area contributed by atoms with Crippen molar-refractivity contribution in [2.75, 3.05) is 26.9 Å². The topological polar surface area (TPSA) is 90.4 Å². The van der Waals surface area contributed by atoms with Gasteiger partial charge in [0.05, 0.1) is 12.8 Å². The monoisotopic (exact) mass is 226 g/mol. The maximum absolute atomic E-state index is 11.4. The molecule has 0 radical (unpaired) electrons. The fraction of sp³-hybridized carbons (Fsp3) is 0.444. The van der Waals surface area contributed by atoms with Crippen LogP contribution in [0.2, 0.25) is 0 Å². The summed E-state index contributed by atoms with van der Waals surface area (Å²) in [5.41, 5.74) is 5.78. The van der Waals surface area contributed by atoms with Crippen molar-refractivity contribution in [3.8, 4) is 0 Å². The van der Waals surface area contributed by atoms with Crippen LogP contribution in [-0.4, -0.2) is 47.8 Å². The normalized spacial score (nSPS) is 9.94. The maximum Gasteiger partial charge on any atom is 0.360 e. The summed E-state index contributed by atoms with van der Waals surface area (Å²) in [5, 5.41) is 3.87. The zero-order valence-corrected chi connectivity index (χ0v) is 9.43. The Kier molecular flexibility index (Phi) is 3.49. The van der Waals surface area contributed by atoms with E-state index in [2.05, 4.69) is 9.84 Å². The Morgan fingerprint density at radius 3 is 2.69 bits per heavy atom. The Morgan fingerprint density at radius 2 is 2.19 bits per heavy atom. The summed E-state index contributed by atoms with van der Waals surface area (Å²) >= 11 is 0. The van der Waals surface area contributed by atoms with Crippen LogP contribution in [0.25, 0.3) is 0 Å². The molecule has 1 rings (SSSR count). The van der Waals surface area contributed by atoms with Crippen molar-refractivity contribution in [3.63, 3.8) is 0 Å². The van der Waals surface area contributed by atoms with E-state index in [1.165, 1.54) is 22.9 Å². The molecule has 7 heteroatoms. The SMILES string of the molecule is COC(=O)c1nn(CC(=O)N(C)C)cc1N. The number of nitrogens with two attached hydrogens (primary N) is 1. The van der Waals surface area contributed by atoms with Gasteiger partial charge in [0.25, 0.3) is 0 Å². The van der Waals surface area contributed by atoms with Gasteiger partial charge >= 0.3 is 5.97 Å². The van der Waals surface area contributed by atoms with E-state index in [-0.39, 0.29) is 23.8 Å². The van der Waals surface area contributed by atoms with E-state index >= 15 is 0 Å². The van der Waals surface area contributed by atoms with Crippen molar-refractivity contribution >= 4 is 17.6 Å². The molecular weight excluding hydrogens is 212 g/mol. The minimum Gasteiger partial charge on any atom is -0.464 e. The largest absolute Gasteiger partial charge is 0.464 e. The molecule has 0 aliphatic carbocycles. The molecule has 2 N–H and O–H groups in total. The summed E-state index contributed by atoms with van der Waals surface area (Å²) in [7, 11) is 4.51. The van der Waals surface area contributed by atoms with Gasteiger partial charge in [-0.1, -0.05) is 0 Å². The van der Waals surface area contributed by atoms with Crippen molar-refractivity contribution in [3.05, 3.63) is 11.9 Å². The summed E-state index contributed by atoms with van der Waals surface area (Å²) in [6.45, 7) is 0.0359. The number of methoxy groups -OCH3 is 1. The Morgan fingerprint density at radius 1 is 1.56 bits per heavy atom. The molecule has 0 aliphatic rings. The summed E-state index contributed by atoms with van der Waals surface area (Å²) in [5.74, 6) is -0.757. The molecule has 1 aromatic rings. The van der Waals surface area contributed by atoms with Crippen LogP contribution in [0.15, 0.2) is 6.20 Å². The molecule has 0 saturated carbocycles. The first-order valence-corrected chi connectivity index (χ1v) is 4.57. The highest BCUT2D eigenvalue weighted by molar-refractivity contribution is 5.92. The minimum atomic E-state index is -0.617. The van der Waals surface area contributed by atoms with Gasteiger partial charge in [0.2, 0.25) is 5.91 Å². The van der Waals surface area contributed by atoms with E-state index in [0.717, 1.165) is 0 Å². The number of aromatic nitrogens is 2. The molecule has 0 fully saturated rings. The van der Waals surface area contributed by atoms with Gasteiger partial charge in [-0.3, -0.25) is 9.48 Å². The molecule has 0 aromatic carbocycles. The molecule has 0 atom stereocenters. The van der Waals surface area contributed by atoms with Gasteiger partial charge in [0.15, 0.2) is 5.69 Å². The van der Waals surface area contributed by atoms with Crippen LogP contribution in [-0.2, 0) is 16.1 Å². The second-order valence-electron chi connectivity index (χ2n) is 3.41. The Hall–Kier alpha value is -2.05. The number of esters is 1. The van der Waals surface area contributed by atoms with Crippen LogP contribution in [0.4, 0.5) is 5.69 Å². The summed E-state index contributed by atoms with van der Waals surface area (Å²) < 4.78 is 5.80. The van der Waals surface area contributed by atoms with Gasteiger partial charge < -0.3 is 15.4 Å². The second kappa shape index (κ2) is 4.65. The number of nitrogen functional groups attached to an aromatic ring is 1. The van der Waals surface area contributed by atoms with Crippen molar-refractivity contribution in [2.45, 2.75) is 6.54 Å². The number of carbonyl (C=O) groups is 2. The van der Waals surface area contributed by atoms with Crippen LogP contribution in [0.3, 0.4) is 0 Å². The predicted molar refractivity (Wildman–Crippen MR) is 56.7 cm³/mol. The highest BCUT2D eigenvalue weighted by Gasteiger charge is 2.16. The lowest BCUT2D eigenvalue weighted by Crippen LogP contribution is -2.26. The second-order valence-corrected chi connectivity index (χ2v) is 3.41. The van der Waals surface area contributed by atoms with E-state index in [4.69, 9.17) is 5.73 Å². The number of ether oxygens (including phenoxy) is 1. The van der Waals surface area contributed by atoms with E-state index in [1.807, 2.05) is 0 Å². The van der Waals surface area contributed by atoms with Crippen LogP contribution >= 0.6 is 0 Å². The molecule has 16 heavy (non-hydrogen) atoms. The molecule has 1 heterocycles. The van der Waals surface area contributed by atoms with E-state index in [9.17, 15) is 9.59 Å². The van der Waals surface area contributed by atoms with E-state index < -0.39 is 5.97 Å². The molecule has 0 spiro atoms. The first kappa shape index (κ1) is 12.0. The number of rotatable bonds is 3. The Bertz CT molecular complexity index is 411. The lowest BCUT2D eigenvalue weighted by Gasteiger charge is -2.09. The number of amides is 1. The third-order valence-electron chi connectivity index (χ3n) is 1.96.